The van der Waals surface area contributed by atoms with Gasteiger partial charge < -0.3 is 20.5 Å². The van der Waals surface area contributed by atoms with E-state index in [1.807, 2.05) is 0 Å². The number of hydrogen-bond donors (Lipinski definition) is 3. The van der Waals surface area contributed by atoms with E-state index >= 15 is 0 Å². The number of amides is 3. The number of aromatic amines is 1. The second-order valence-corrected chi connectivity index (χ2v) is 11.1. The SMILES string of the molecule is CCC(=O)C(CC1CCNC1=O)NC(=O)C1C2CCCC2CN1C(=O)c1cc2c(Cl)ccc(C(F)(F)F)c2[nH]1. The maximum absolute atomic E-state index is 13.7. The molecule has 5 unspecified atom stereocenters. The van der Waals surface area contributed by atoms with Gasteiger partial charge >= 0.3 is 6.18 Å². The third-order valence-electron chi connectivity index (χ3n) is 8.43. The van der Waals surface area contributed by atoms with Gasteiger partial charge in [-0.25, -0.2) is 0 Å². The van der Waals surface area contributed by atoms with Crippen molar-refractivity contribution in [3.63, 3.8) is 0 Å². The number of ketones is 1. The highest BCUT2D eigenvalue weighted by Gasteiger charge is 2.50. The van der Waals surface area contributed by atoms with E-state index in [-0.39, 0.29) is 70.5 Å². The molecule has 1 aromatic carbocycles. The standard InChI is InChI=1S/C27H30ClF3N4O4/c1-2-21(36)19(10-13-8-9-32-24(13)37)34-25(38)23-15-5-3-4-14(15)12-35(23)26(39)20-11-16-18(28)7-6-17(22(16)33-20)27(29,30)31/h6-7,11,13-15,19,23,33H,2-5,8-10,12H2,1H3,(H,32,37)(H,34,38). The number of nitrogens with one attached hydrogen (secondary N) is 3. The van der Waals surface area contributed by atoms with E-state index in [0.717, 1.165) is 31.4 Å². The highest BCUT2D eigenvalue weighted by atomic mass is 35.5. The smallest absolute Gasteiger partial charge is 0.356 e. The fourth-order valence-corrected chi connectivity index (χ4v) is 6.68. The maximum atomic E-state index is 13.7. The number of carbonyl (C=O) groups excluding carboxylic acids is 4. The van der Waals surface area contributed by atoms with Crippen molar-refractivity contribution in [1.29, 1.82) is 0 Å². The van der Waals surface area contributed by atoms with E-state index in [1.54, 1.807) is 6.92 Å². The monoisotopic (exact) mass is 566 g/mol. The van der Waals surface area contributed by atoms with Crippen LogP contribution in [-0.4, -0.2) is 58.6 Å². The van der Waals surface area contributed by atoms with E-state index in [9.17, 15) is 32.3 Å². The number of fused-ring (bicyclic) bond motifs is 2. The molecule has 3 N–H and O–H groups in total. The first kappa shape index (κ1) is 27.5. The largest absolute Gasteiger partial charge is 0.418 e. The molecular formula is C27H30ClF3N4O4. The van der Waals surface area contributed by atoms with Crippen LogP contribution in [-0.2, 0) is 20.6 Å². The first-order chi connectivity index (χ1) is 18.5. The molecule has 1 aromatic heterocycles. The molecule has 0 spiro atoms. The Bertz CT molecular complexity index is 1330. The number of halogens is 4. The zero-order valence-corrected chi connectivity index (χ0v) is 22.1. The van der Waals surface area contributed by atoms with Gasteiger partial charge in [0.1, 0.15) is 11.7 Å². The van der Waals surface area contributed by atoms with Gasteiger partial charge in [0.2, 0.25) is 11.8 Å². The van der Waals surface area contributed by atoms with Gasteiger partial charge in [-0.05, 0) is 55.7 Å². The molecule has 0 radical (unpaired) electrons. The average Bonchev–Trinajstić information content (AvgIpc) is 3.66. The Morgan fingerprint density at radius 3 is 2.64 bits per heavy atom. The summed E-state index contributed by atoms with van der Waals surface area (Å²) in [7, 11) is 0. The lowest BCUT2D eigenvalue weighted by atomic mass is 9.91. The molecule has 3 heterocycles. The predicted octanol–water partition coefficient (Wildman–Crippen LogP) is 4.07. The lowest BCUT2D eigenvalue weighted by molar-refractivity contribution is -0.136. The second-order valence-electron chi connectivity index (χ2n) is 10.7. The molecule has 12 heteroatoms. The molecule has 1 saturated carbocycles. The third kappa shape index (κ3) is 5.13. The maximum Gasteiger partial charge on any atom is 0.418 e. The fourth-order valence-electron chi connectivity index (χ4n) is 6.47. The van der Waals surface area contributed by atoms with Gasteiger partial charge in [0.05, 0.1) is 17.1 Å². The number of rotatable bonds is 7. The minimum Gasteiger partial charge on any atom is -0.356 e. The first-order valence-corrected chi connectivity index (χ1v) is 13.7. The van der Waals surface area contributed by atoms with Crippen LogP contribution in [0.4, 0.5) is 13.2 Å². The Kier molecular flexibility index (Phi) is 7.39. The molecule has 3 amide bonds. The molecule has 2 aliphatic heterocycles. The van der Waals surface area contributed by atoms with Crippen molar-refractivity contribution in [3.8, 4) is 0 Å². The number of benzene rings is 1. The van der Waals surface area contributed by atoms with Crippen molar-refractivity contribution in [2.24, 2.45) is 17.8 Å². The normalized spacial score (nSPS) is 25.6. The molecule has 8 nitrogen and oxygen atoms in total. The molecular weight excluding hydrogens is 537 g/mol. The van der Waals surface area contributed by atoms with Gasteiger partial charge in [0, 0.05) is 35.8 Å². The van der Waals surface area contributed by atoms with Gasteiger partial charge in [-0.2, -0.15) is 13.2 Å². The summed E-state index contributed by atoms with van der Waals surface area (Å²) in [5.74, 6) is -1.87. The molecule has 3 fully saturated rings. The van der Waals surface area contributed by atoms with Crippen LogP contribution >= 0.6 is 11.6 Å². The first-order valence-electron chi connectivity index (χ1n) is 13.3. The summed E-state index contributed by atoms with van der Waals surface area (Å²) in [6.07, 6.45) is -1.27. The number of hydrogen-bond acceptors (Lipinski definition) is 4. The Labute approximate surface area is 228 Å². The summed E-state index contributed by atoms with van der Waals surface area (Å²) in [4.78, 5) is 56.3. The summed E-state index contributed by atoms with van der Waals surface area (Å²) < 4.78 is 40.8. The van der Waals surface area contributed by atoms with Crippen molar-refractivity contribution >= 4 is 46.0 Å². The lowest BCUT2D eigenvalue weighted by Gasteiger charge is -2.29. The Balaban J connectivity index is 1.43. The lowest BCUT2D eigenvalue weighted by Crippen LogP contribution is -2.53. The van der Waals surface area contributed by atoms with Crippen molar-refractivity contribution in [1.82, 2.24) is 20.5 Å². The average molecular weight is 567 g/mol. The molecule has 1 aliphatic carbocycles. The third-order valence-corrected chi connectivity index (χ3v) is 8.76. The number of carbonyl (C=O) groups is 4. The fraction of sp³-hybridized carbons (Fsp3) is 0.556. The minimum absolute atomic E-state index is 0.0674. The quantitative estimate of drug-likeness (QED) is 0.469. The second kappa shape index (κ2) is 10.5. The van der Waals surface area contributed by atoms with E-state index in [2.05, 4.69) is 15.6 Å². The summed E-state index contributed by atoms with van der Waals surface area (Å²) in [6.45, 7) is 2.49. The topological polar surface area (TPSA) is 111 Å². The highest BCUT2D eigenvalue weighted by Crippen LogP contribution is 2.43. The minimum atomic E-state index is -4.65. The Morgan fingerprint density at radius 1 is 1.21 bits per heavy atom. The van der Waals surface area contributed by atoms with Crippen molar-refractivity contribution < 1.29 is 32.3 Å². The summed E-state index contributed by atoms with van der Waals surface area (Å²) >= 11 is 6.16. The van der Waals surface area contributed by atoms with Crippen molar-refractivity contribution in [3.05, 3.63) is 34.5 Å². The zero-order valence-electron chi connectivity index (χ0n) is 21.4. The van der Waals surface area contributed by atoms with Crippen LogP contribution < -0.4 is 10.6 Å². The molecule has 3 aliphatic rings. The van der Waals surface area contributed by atoms with Crippen LogP contribution in [0, 0.1) is 17.8 Å². The summed E-state index contributed by atoms with van der Waals surface area (Å²) in [5, 5.41) is 5.70. The van der Waals surface area contributed by atoms with E-state index < -0.39 is 35.6 Å². The summed E-state index contributed by atoms with van der Waals surface area (Å²) in [6, 6.07) is 1.55. The van der Waals surface area contributed by atoms with Gasteiger partial charge in [0.25, 0.3) is 5.91 Å². The molecule has 5 atom stereocenters. The predicted molar refractivity (Wildman–Crippen MR) is 137 cm³/mol. The van der Waals surface area contributed by atoms with Gasteiger partial charge in [0.15, 0.2) is 5.78 Å². The highest BCUT2D eigenvalue weighted by molar-refractivity contribution is 6.35. The van der Waals surface area contributed by atoms with Gasteiger partial charge in [-0.15, -0.1) is 0 Å². The molecule has 2 saturated heterocycles. The Morgan fingerprint density at radius 2 is 1.97 bits per heavy atom. The Hall–Kier alpha value is -3.08. The van der Waals surface area contributed by atoms with Crippen LogP contribution in [0.5, 0.6) is 0 Å². The number of alkyl halides is 3. The molecule has 0 bridgehead atoms. The van der Waals surface area contributed by atoms with Gasteiger partial charge in [-0.3, -0.25) is 19.2 Å². The molecule has 210 valence electrons. The van der Waals surface area contributed by atoms with Crippen LogP contribution in [0.25, 0.3) is 10.9 Å². The van der Waals surface area contributed by atoms with E-state index in [0.29, 0.717) is 13.0 Å². The van der Waals surface area contributed by atoms with Crippen LogP contribution in [0.15, 0.2) is 18.2 Å². The van der Waals surface area contributed by atoms with Crippen molar-refractivity contribution in [2.45, 2.75) is 63.7 Å². The number of likely N-dealkylation sites (tertiary alicyclic amines) is 1. The molecule has 39 heavy (non-hydrogen) atoms. The van der Waals surface area contributed by atoms with Crippen LogP contribution in [0.3, 0.4) is 0 Å². The van der Waals surface area contributed by atoms with Gasteiger partial charge in [-0.1, -0.05) is 24.9 Å². The summed E-state index contributed by atoms with van der Waals surface area (Å²) in [5.41, 5.74) is -1.32. The van der Waals surface area contributed by atoms with E-state index in [4.69, 9.17) is 11.6 Å². The number of aromatic nitrogens is 1. The number of nitrogens with zero attached hydrogens (tertiary/aromatic N) is 1. The number of H-pyrrole nitrogens is 1. The zero-order chi connectivity index (χ0) is 28.1. The molecule has 2 aromatic rings. The molecule has 5 rings (SSSR count). The van der Waals surface area contributed by atoms with Crippen LogP contribution in [0.1, 0.15) is 61.5 Å². The number of Topliss-reactive ketones (excluding diaryl/α,β-unsaturated/α-hetero) is 1. The van der Waals surface area contributed by atoms with E-state index in [1.165, 1.54) is 11.0 Å². The van der Waals surface area contributed by atoms with Crippen LogP contribution in [0.2, 0.25) is 5.02 Å². The van der Waals surface area contributed by atoms with Crippen molar-refractivity contribution in [2.75, 3.05) is 13.1 Å².